The molecule has 1 aromatic heterocycles. The van der Waals surface area contributed by atoms with E-state index in [1.165, 1.54) is 7.11 Å². The van der Waals surface area contributed by atoms with Gasteiger partial charge in [0.2, 0.25) is 0 Å². The summed E-state index contributed by atoms with van der Waals surface area (Å²) < 4.78 is 4.94. The molecule has 0 saturated heterocycles. The zero-order chi connectivity index (χ0) is 18.8. The van der Waals surface area contributed by atoms with E-state index in [0.29, 0.717) is 27.5 Å². The van der Waals surface area contributed by atoms with E-state index in [4.69, 9.17) is 26.3 Å². The van der Waals surface area contributed by atoms with E-state index in [1.807, 2.05) is 60.7 Å². The van der Waals surface area contributed by atoms with Crippen LogP contribution in [0.2, 0.25) is 5.02 Å². The Morgan fingerprint density at radius 2 is 1.41 bits per heavy atom. The van der Waals surface area contributed by atoms with E-state index in [-0.39, 0.29) is 0 Å². The van der Waals surface area contributed by atoms with Gasteiger partial charge in [0.25, 0.3) is 0 Å². The maximum absolute atomic E-state index is 12.3. The molecule has 0 amide bonds. The Kier molecular flexibility index (Phi) is 4.57. The van der Waals surface area contributed by atoms with Crippen LogP contribution in [0.15, 0.2) is 72.8 Å². The van der Waals surface area contributed by atoms with Gasteiger partial charge in [-0.3, -0.25) is 0 Å². The zero-order valence-corrected chi connectivity index (χ0v) is 15.3. The summed E-state index contributed by atoms with van der Waals surface area (Å²) in [6.07, 6.45) is 0. The Labute approximate surface area is 161 Å². The Hall–Kier alpha value is -3.24. The maximum Gasteiger partial charge on any atom is 0.338 e. The minimum absolute atomic E-state index is 0.414. The number of rotatable bonds is 3. The van der Waals surface area contributed by atoms with Gasteiger partial charge in [-0.15, -0.1) is 0 Å². The van der Waals surface area contributed by atoms with Crippen LogP contribution < -0.4 is 0 Å². The smallest absolute Gasteiger partial charge is 0.338 e. The number of nitrogens with zero attached hydrogens (tertiary/aromatic N) is 2. The van der Waals surface area contributed by atoms with E-state index in [2.05, 4.69) is 0 Å². The number of esters is 1. The van der Waals surface area contributed by atoms with Crippen LogP contribution in [0.1, 0.15) is 10.4 Å². The maximum atomic E-state index is 12.3. The summed E-state index contributed by atoms with van der Waals surface area (Å²) >= 11 is 6.04. The lowest BCUT2D eigenvalue weighted by Gasteiger charge is -2.13. The molecule has 3 aromatic carbocycles. The van der Waals surface area contributed by atoms with Gasteiger partial charge in [-0.1, -0.05) is 54.1 Å². The van der Waals surface area contributed by atoms with E-state index >= 15 is 0 Å². The SMILES string of the molecule is COC(=O)c1ccccc1-c1nc2ccccc2nc1-c1ccc(Cl)cc1. The molecule has 0 fully saturated rings. The summed E-state index contributed by atoms with van der Waals surface area (Å²) in [7, 11) is 1.37. The molecule has 4 rings (SSSR count). The van der Waals surface area contributed by atoms with Crippen molar-refractivity contribution in [1.82, 2.24) is 9.97 Å². The number of hydrogen-bond acceptors (Lipinski definition) is 4. The third-order valence-corrected chi connectivity index (χ3v) is 4.53. The number of aromatic nitrogens is 2. The number of carbonyl (C=O) groups is 1. The van der Waals surface area contributed by atoms with Crippen molar-refractivity contribution in [2.75, 3.05) is 7.11 Å². The predicted molar refractivity (Wildman–Crippen MR) is 107 cm³/mol. The van der Waals surface area contributed by atoms with E-state index < -0.39 is 5.97 Å². The Bertz CT molecular complexity index is 1140. The Morgan fingerprint density at radius 1 is 0.815 bits per heavy atom. The summed E-state index contributed by atoms with van der Waals surface area (Å²) in [6.45, 7) is 0. The van der Waals surface area contributed by atoms with Crippen molar-refractivity contribution in [2.45, 2.75) is 0 Å². The fraction of sp³-hybridized carbons (Fsp3) is 0.0455. The highest BCUT2D eigenvalue weighted by Gasteiger charge is 2.19. The van der Waals surface area contributed by atoms with Gasteiger partial charge in [-0.05, 0) is 30.3 Å². The molecule has 132 valence electrons. The molecule has 0 radical (unpaired) electrons. The van der Waals surface area contributed by atoms with Crippen molar-refractivity contribution < 1.29 is 9.53 Å². The number of benzene rings is 3. The van der Waals surface area contributed by atoms with Gasteiger partial charge >= 0.3 is 5.97 Å². The minimum atomic E-state index is -0.414. The summed E-state index contributed by atoms with van der Waals surface area (Å²) in [5.74, 6) is -0.414. The first-order valence-corrected chi connectivity index (χ1v) is 8.75. The highest BCUT2D eigenvalue weighted by atomic mass is 35.5. The third kappa shape index (κ3) is 3.27. The average Bonchev–Trinajstić information content (AvgIpc) is 2.73. The van der Waals surface area contributed by atoms with Crippen molar-refractivity contribution in [3.8, 4) is 22.5 Å². The molecular weight excluding hydrogens is 360 g/mol. The third-order valence-electron chi connectivity index (χ3n) is 4.28. The largest absolute Gasteiger partial charge is 0.465 e. The normalized spacial score (nSPS) is 10.7. The molecule has 0 bridgehead atoms. The second-order valence-corrected chi connectivity index (χ2v) is 6.39. The Balaban J connectivity index is 2.04. The highest BCUT2D eigenvalue weighted by Crippen LogP contribution is 2.33. The minimum Gasteiger partial charge on any atom is -0.465 e. The molecule has 0 N–H and O–H groups in total. The van der Waals surface area contributed by atoms with Gasteiger partial charge < -0.3 is 4.74 Å². The molecule has 0 aliphatic heterocycles. The molecular formula is C22H15ClN2O2. The molecule has 0 aliphatic carbocycles. The molecule has 27 heavy (non-hydrogen) atoms. The average molecular weight is 375 g/mol. The molecule has 4 aromatic rings. The topological polar surface area (TPSA) is 52.1 Å². The number of halogens is 1. The molecule has 0 atom stereocenters. The molecule has 1 heterocycles. The monoisotopic (exact) mass is 374 g/mol. The number of ether oxygens (including phenoxy) is 1. The van der Waals surface area contributed by atoms with E-state index in [9.17, 15) is 4.79 Å². The molecule has 0 spiro atoms. The second-order valence-electron chi connectivity index (χ2n) is 5.95. The van der Waals surface area contributed by atoms with Gasteiger partial charge in [-0.2, -0.15) is 0 Å². The second kappa shape index (κ2) is 7.17. The van der Waals surface area contributed by atoms with Crippen LogP contribution in [0.3, 0.4) is 0 Å². The number of carbonyl (C=O) groups excluding carboxylic acids is 1. The lowest BCUT2D eigenvalue weighted by Crippen LogP contribution is -2.05. The van der Waals surface area contributed by atoms with Gasteiger partial charge in [0, 0.05) is 16.1 Å². The van der Waals surface area contributed by atoms with E-state index in [0.717, 1.165) is 16.6 Å². The fourth-order valence-electron chi connectivity index (χ4n) is 2.97. The Morgan fingerprint density at radius 3 is 2.07 bits per heavy atom. The number of hydrogen-bond donors (Lipinski definition) is 0. The van der Waals surface area contributed by atoms with Gasteiger partial charge in [0.15, 0.2) is 0 Å². The van der Waals surface area contributed by atoms with Crippen molar-refractivity contribution >= 4 is 28.6 Å². The van der Waals surface area contributed by atoms with Gasteiger partial charge in [0.05, 0.1) is 35.1 Å². The van der Waals surface area contributed by atoms with Gasteiger partial charge in [-0.25, -0.2) is 14.8 Å². The predicted octanol–water partition coefficient (Wildman–Crippen LogP) is 5.40. The van der Waals surface area contributed by atoms with Crippen molar-refractivity contribution in [3.05, 3.63) is 83.4 Å². The van der Waals surface area contributed by atoms with Crippen LogP contribution in [0, 0.1) is 0 Å². The van der Waals surface area contributed by atoms with Crippen LogP contribution in [-0.4, -0.2) is 23.0 Å². The molecule has 0 aliphatic rings. The fourth-order valence-corrected chi connectivity index (χ4v) is 3.10. The van der Waals surface area contributed by atoms with Crippen LogP contribution in [-0.2, 0) is 4.74 Å². The van der Waals surface area contributed by atoms with E-state index in [1.54, 1.807) is 12.1 Å². The first-order valence-electron chi connectivity index (χ1n) is 8.38. The van der Waals surface area contributed by atoms with Crippen LogP contribution in [0.25, 0.3) is 33.5 Å². The summed E-state index contributed by atoms with van der Waals surface area (Å²) in [5, 5.41) is 0.643. The van der Waals surface area contributed by atoms with Crippen LogP contribution >= 0.6 is 11.6 Å². The van der Waals surface area contributed by atoms with Crippen molar-refractivity contribution in [3.63, 3.8) is 0 Å². The number of methoxy groups -OCH3 is 1. The molecule has 4 nitrogen and oxygen atoms in total. The lowest BCUT2D eigenvalue weighted by atomic mass is 9.99. The van der Waals surface area contributed by atoms with Crippen molar-refractivity contribution in [1.29, 1.82) is 0 Å². The molecule has 0 unspecified atom stereocenters. The van der Waals surface area contributed by atoms with Gasteiger partial charge in [0.1, 0.15) is 0 Å². The summed E-state index contributed by atoms with van der Waals surface area (Å²) in [5.41, 5.74) is 4.82. The zero-order valence-electron chi connectivity index (χ0n) is 14.5. The van der Waals surface area contributed by atoms with Crippen LogP contribution in [0.4, 0.5) is 0 Å². The lowest BCUT2D eigenvalue weighted by molar-refractivity contribution is 0.0601. The number of fused-ring (bicyclic) bond motifs is 1. The van der Waals surface area contributed by atoms with Crippen molar-refractivity contribution in [2.24, 2.45) is 0 Å². The molecule has 0 saturated carbocycles. The highest BCUT2D eigenvalue weighted by molar-refractivity contribution is 6.30. The molecule has 5 heteroatoms. The first-order chi connectivity index (χ1) is 13.2. The summed E-state index contributed by atoms with van der Waals surface area (Å²) in [6, 6.07) is 22.3. The standard InChI is InChI=1S/C22H15ClN2O2/c1-27-22(26)17-7-3-2-6-16(17)21-20(14-10-12-15(23)13-11-14)24-18-8-4-5-9-19(18)25-21/h2-13H,1H3. The van der Waals surface area contributed by atoms with Crippen LogP contribution in [0.5, 0.6) is 0 Å². The first kappa shape index (κ1) is 17.2. The number of para-hydroxylation sites is 2. The quantitative estimate of drug-likeness (QED) is 0.450. The summed E-state index contributed by atoms with van der Waals surface area (Å²) in [4.78, 5) is 21.9.